The van der Waals surface area contributed by atoms with Crippen LogP contribution >= 0.6 is 0 Å². The van der Waals surface area contributed by atoms with Crippen LogP contribution < -0.4 is 14.3 Å². The predicted octanol–water partition coefficient (Wildman–Crippen LogP) is 3.24. The highest BCUT2D eigenvalue weighted by molar-refractivity contribution is 6.37. The van der Waals surface area contributed by atoms with Gasteiger partial charge in [0.1, 0.15) is 0 Å². The molecule has 3 aromatic heterocycles. The van der Waals surface area contributed by atoms with Crippen LogP contribution in [0.1, 0.15) is 93.5 Å². The van der Waals surface area contributed by atoms with Crippen molar-refractivity contribution in [2.75, 3.05) is 0 Å². The summed E-state index contributed by atoms with van der Waals surface area (Å²) < 4.78 is 17.9. The molecule has 3 heterocycles. The molecule has 0 saturated heterocycles. The summed E-state index contributed by atoms with van der Waals surface area (Å²) in [5, 5.41) is 13.6. The number of aryl methyl sites for hydroxylation is 3. The van der Waals surface area contributed by atoms with Gasteiger partial charge in [-0.15, -0.1) is 29.8 Å². The van der Waals surface area contributed by atoms with Crippen LogP contribution in [0.2, 0.25) is 0 Å². The third-order valence-corrected chi connectivity index (χ3v) is 4.93. The number of hydrogen-bond donors (Lipinski definition) is 0. The Morgan fingerprint density at radius 2 is 0.839 bits per heavy atom. The van der Waals surface area contributed by atoms with Gasteiger partial charge in [0.05, 0.1) is 34.2 Å². The minimum Gasteiger partial charge on any atom is -0.380 e. The van der Waals surface area contributed by atoms with Crippen LogP contribution in [0.5, 0.6) is 0 Å². The van der Waals surface area contributed by atoms with Crippen molar-refractivity contribution in [1.29, 1.82) is 0 Å². The van der Waals surface area contributed by atoms with Crippen LogP contribution in [0.25, 0.3) is 0 Å². The molecular weight excluding hydrogens is 395 g/mol. The highest BCUT2D eigenvalue weighted by Crippen LogP contribution is 2.16. The zero-order valence-electron chi connectivity index (χ0n) is 19.9. The van der Waals surface area contributed by atoms with Gasteiger partial charge in [-0.2, -0.15) is 0 Å². The Morgan fingerprint density at radius 1 is 0.581 bits per heavy atom. The molecule has 10 heteroatoms. The van der Waals surface area contributed by atoms with Crippen molar-refractivity contribution >= 4 is 7.32 Å². The summed E-state index contributed by atoms with van der Waals surface area (Å²) in [4.78, 5) is 4.26. The molecule has 0 amide bonds. The van der Waals surface area contributed by atoms with Crippen molar-refractivity contribution in [1.82, 2.24) is 29.8 Å². The van der Waals surface area contributed by atoms with Crippen molar-refractivity contribution in [3.63, 3.8) is 0 Å². The van der Waals surface area contributed by atoms with Gasteiger partial charge in [-0.25, -0.2) is 0 Å². The first kappa shape index (κ1) is 22.8. The number of rotatable bonds is 9. The van der Waals surface area contributed by atoms with Crippen molar-refractivity contribution in [3.8, 4) is 0 Å². The van der Waals surface area contributed by atoms with E-state index in [0.29, 0.717) is 0 Å². The van der Waals surface area contributed by atoms with Gasteiger partial charge in [-0.05, 0) is 56.7 Å². The van der Waals surface area contributed by atoms with Crippen molar-refractivity contribution in [3.05, 3.63) is 52.4 Å². The van der Waals surface area contributed by atoms with Crippen LogP contribution in [0.15, 0.2) is 18.2 Å². The Labute approximate surface area is 184 Å². The van der Waals surface area contributed by atoms with Gasteiger partial charge in [0.2, 0.25) is 0 Å². The normalized spacial score (nSPS) is 11.6. The van der Waals surface area contributed by atoms with E-state index in [2.05, 4.69) is 56.8 Å². The van der Waals surface area contributed by atoms with E-state index in [9.17, 15) is 0 Å². The second-order valence-corrected chi connectivity index (χ2v) is 8.82. The van der Waals surface area contributed by atoms with Crippen molar-refractivity contribution in [2.24, 2.45) is 0 Å². The topological polar surface area (TPSA) is 81.1 Å². The van der Waals surface area contributed by atoms with E-state index >= 15 is 0 Å². The molecule has 0 bridgehead atoms. The van der Waals surface area contributed by atoms with Gasteiger partial charge in [0, 0.05) is 0 Å². The smallest absolute Gasteiger partial charge is 0.380 e. The minimum atomic E-state index is -1.17. The van der Waals surface area contributed by atoms with Gasteiger partial charge in [0.25, 0.3) is 0 Å². The number of aromatic nitrogens is 6. The molecule has 31 heavy (non-hydrogen) atoms. The average molecular weight is 428 g/mol. The van der Waals surface area contributed by atoms with Gasteiger partial charge in [0.15, 0.2) is 0 Å². The second-order valence-electron chi connectivity index (χ2n) is 8.82. The van der Waals surface area contributed by atoms with Crippen LogP contribution in [-0.4, -0.2) is 37.2 Å². The Bertz CT molecular complexity index is 892. The van der Waals surface area contributed by atoms with Gasteiger partial charge in [-0.1, -0.05) is 41.5 Å². The van der Waals surface area contributed by atoms with Gasteiger partial charge >= 0.3 is 7.32 Å². The molecule has 0 radical (unpaired) electrons. The van der Waals surface area contributed by atoms with Crippen molar-refractivity contribution < 1.29 is 14.3 Å². The maximum absolute atomic E-state index is 5.97. The Kier molecular flexibility index (Phi) is 6.67. The lowest BCUT2D eigenvalue weighted by Gasteiger charge is -2.16. The molecule has 168 valence electrons. The summed E-state index contributed by atoms with van der Waals surface area (Å²) in [7, 11) is -1.17. The SMILES string of the molecule is Cc1cc(C(C)C)nn1OB(On1nc(C(C)C)cc1C)On1nc(C(C)C)cc1C. The molecule has 0 N–H and O–H groups in total. The summed E-state index contributed by atoms with van der Waals surface area (Å²) in [6.45, 7) is 18.2. The Morgan fingerprint density at radius 3 is 1.03 bits per heavy atom. The summed E-state index contributed by atoms with van der Waals surface area (Å²) in [6, 6.07) is 5.94. The fourth-order valence-corrected chi connectivity index (χ4v) is 2.91. The van der Waals surface area contributed by atoms with E-state index in [-0.39, 0.29) is 17.8 Å². The van der Waals surface area contributed by atoms with Gasteiger partial charge < -0.3 is 14.3 Å². The number of hydrogen-bond acceptors (Lipinski definition) is 6. The summed E-state index contributed by atoms with van der Waals surface area (Å²) in [6.07, 6.45) is 0. The molecule has 0 saturated carbocycles. The maximum Gasteiger partial charge on any atom is 0.929 e. The van der Waals surface area contributed by atoms with Crippen LogP contribution in [0.4, 0.5) is 0 Å². The molecule has 0 unspecified atom stereocenters. The molecule has 0 atom stereocenters. The van der Waals surface area contributed by atoms with Crippen LogP contribution in [-0.2, 0) is 0 Å². The first-order valence-electron chi connectivity index (χ1n) is 10.8. The molecule has 0 fully saturated rings. The zero-order chi connectivity index (χ0) is 22.9. The zero-order valence-corrected chi connectivity index (χ0v) is 19.9. The van der Waals surface area contributed by atoms with E-state index in [4.69, 9.17) is 14.3 Å². The Hall–Kier alpha value is -2.91. The molecule has 0 aliphatic rings. The molecule has 3 aromatic rings. The van der Waals surface area contributed by atoms with E-state index in [1.165, 1.54) is 14.5 Å². The molecule has 0 aliphatic heterocycles. The lowest BCUT2D eigenvalue weighted by molar-refractivity contribution is 0.0346. The van der Waals surface area contributed by atoms with Crippen LogP contribution in [0, 0.1) is 20.8 Å². The average Bonchev–Trinajstić information content (AvgIpc) is 3.34. The first-order valence-corrected chi connectivity index (χ1v) is 10.8. The van der Waals surface area contributed by atoms with E-state index in [0.717, 1.165) is 34.2 Å². The molecule has 0 spiro atoms. The lowest BCUT2D eigenvalue weighted by atomic mass is 10.1. The molecule has 0 aromatic carbocycles. The molecule has 0 aliphatic carbocycles. The Balaban J connectivity index is 1.90. The largest absolute Gasteiger partial charge is 0.929 e. The predicted molar refractivity (Wildman–Crippen MR) is 119 cm³/mol. The molecule has 9 nitrogen and oxygen atoms in total. The van der Waals surface area contributed by atoms with Crippen molar-refractivity contribution in [2.45, 2.75) is 80.1 Å². The van der Waals surface area contributed by atoms with Crippen LogP contribution in [0.3, 0.4) is 0 Å². The minimum absolute atomic E-state index is 0.271. The summed E-state index contributed by atoms with van der Waals surface area (Å²) in [5.74, 6) is 0.813. The lowest BCUT2D eigenvalue weighted by Crippen LogP contribution is -2.50. The first-order chi connectivity index (χ1) is 14.5. The fourth-order valence-electron chi connectivity index (χ4n) is 2.91. The molecule has 3 rings (SSSR count). The second kappa shape index (κ2) is 9.07. The maximum atomic E-state index is 5.97. The quantitative estimate of drug-likeness (QED) is 0.487. The standard InChI is InChI=1S/C21H33BN6O3/c1-13(2)19-10-16(7)26(23-19)29-22(30-27-17(8)11-20(24-27)14(3)4)31-28-18(9)12-21(25-28)15(5)6/h10-15H,1-9H3. The highest BCUT2D eigenvalue weighted by Gasteiger charge is 2.36. The number of nitrogens with zero attached hydrogens (tertiary/aromatic N) is 6. The monoisotopic (exact) mass is 428 g/mol. The third-order valence-electron chi connectivity index (χ3n) is 4.93. The highest BCUT2D eigenvalue weighted by atomic mass is 16.9. The van der Waals surface area contributed by atoms with Gasteiger partial charge in [-0.3, -0.25) is 0 Å². The van der Waals surface area contributed by atoms with E-state index < -0.39 is 7.32 Å². The fraction of sp³-hybridized carbons (Fsp3) is 0.571. The summed E-state index contributed by atoms with van der Waals surface area (Å²) >= 11 is 0. The molecular formula is C21H33BN6O3. The third kappa shape index (κ3) is 5.23. The van der Waals surface area contributed by atoms with E-state index in [1.807, 2.05) is 39.0 Å². The summed E-state index contributed by atoms with van der Waals surface area (Å²) in [5.41, 5.74) is 5.27. The van der Waals surface area contributed by atoms with E-state index in [1.54, 1.807) is 0 Å².